The Morgan fingerprint density at radius 3 is 2.44 bits per heavy atom. The molecule has 7 nitrogen and oxygen atoms in total. The van der Waals surface area contributed by atoms with Crippen molar-refractivity contribution in [2.24, 2.45) is 5.92 Å². The average molecular weight is 343 g/mol. The highest BCUT2D eigenvalue weighted by molar-refractivity contribution is 5.98. The number of likely N-dealkylation sites (tertiary alicyclic amines) is 1. The van der Waals surface area contributed by atoms with Gasteiger partial charge in [0.05, 0.1) is 11.6 Å². The molecule has 2 amide bonds. The van der Waals surface area contributed by atoms with Crippen LogP contribution in [0.1, 0.15) is 42.6 Å². The van der Waals surface area contributed by atoms with Crippen molar-refractivity contribution in [1.29, 1.82) is 5.26 Å². The van der Waals surface area contributed by atoms with E-state index >= 15 is 0 Å². The van der Waals surface area contributed by atoms with Crippen LogP contribution in [-0.4, -0.2) is 46.4 Å². The van der Waals surface area contributed by atoms with Crippen molar-refractivity contribution in [2.75, 3.05) is 6.54 Å². The van der Waals surface area contributed by atoms with Crippen molar-refractivity contribution in [3.8, 4) is 6.07 Å². The van der Waals surface area contributed by atoms with Crippen LogP contribution >= 0.6 is 0 Å². The predicted molar refractivity (Wildman–Crippen MR) is 89.6 cm³/mol. The third-order valence-electron chi connectivity index (χ3n) is 4.32. The van der Waals surface area contributed by atoms with Crippen molar-refractivity contribution in [3.63, 3.8) is 0 Å². The van der Waals surface area contributed by atoms with Gasteiger partial charge in [-0.05, 0) is 43.0 Å². The Bertz CT molecular complexity index is 706. The van der Waals surface area contributed by atoms with Crippen LogP contribution in [0.25, 0.3) is 0 Å². The van der Waals surface area contributed by atoms with Crippen LogP contribution in [0.3, 0.4) is 0 Å². The summed E-state index contributed by atoms with van der Waals surface area (Å²) in [7, 11) is 0. The molecule has 7 heteroatoms. The zero-order valence-electron chi connectivity index (χ0n) is 14.2. The lowest BCUT2D eigenvalue weighted by molar-refractivity contribution is -0.149. The molecule has 1 aromatic carbocycles. The van der Waals surface area contributed by atoms with Gasteiger partial charge >= 0.3 is 5.97 Å². The maximum absolute atomic E-state index is 12.8. The van der Waals surface area contributed by atoms with Crippen LogP contribution in [0.5, 0.6) is 0 Å². The molecule has 2 atom stereocenters. The number of amides is 2. The van der Waals surface area contributed by atoms with E-state index in [4.69, 9.17) is 5.26 Å². The van der Waals surface area contributed by atoms with E-state index in [1.54, 1.807) is 13.8 Å². The summed E-state index contributed by atoms with van der Waals surface area (Å²) in [6.07, 6.45) is 1.06. The van der Waals surface area contributed by atoms with E-state index in [-0.39, 0.29) is 11.8 Å². The molecule has 0 unspecified atom stereocenters. The largest absolute Gasteiger partial charge is 0.480 e. The summed E-state index contributed by atoms with van der Waals surface area (Å²) in [5.74, 6) is -2.01. The number of carbonyl (C=O) groups is 3. The Morgan fingerprint density at radius 2 is 1.92 bits per heavy atom. The quantitative estimate of drug-likeness (QED) is 0.839. The lowest BCUT2D eigenvalue weighted by Crippen LogP contribution is -2.53. The second-order valence-corrected chi connectivity index (χ2v) is 6.41. The standard InChI is InChI=1S/C18H21N3O4/c1-11(2)15(17(23)21-9-3-4-14(21)18(24)25)20-16(22)13-7-5-12(10-19)6-8-13/h5-8,11,14-15H,3-4,9H2,1-2H3,(H,20,22)(H,24,25)/t14-,15-/m0/s1. The number of hydrogen-bond acceptors (Lipinski definition) is 4. The highest BCUT2D eigenvalue weighted by atomic mass is 16.4. The Labute approximate surface area is 146 Å². The highest BCUT2D eigenvalue weighted by Crippen LogP contribution is 2.20. The van der Waals surface area contributed by atoms with Crippen molar-refractivity contribution in [2.45, 2.75) is 38.8 Å². The van der Waals surface area contributed by atoms with E-state index in [0.717, 1.165) is 0 Å². The van der Waals surface area contributed by atoms with E-state index in [1.807, 2.05) is 6.07 Å². The molecule has 25 heavy (non-hydrogen) atoms. The molecule has 2 rings (SSSR count). The van der Waals surface area contributed by atoms with Gasteiger partial charge in [0.25, 0.3) is 5.91 Å². The SMILES string of the molecule is CC(C)[C@H](NC(=O)c1ccc(C#N)cc1)C(=O)N1CCC[C@H]1C(=O)O. The van der Waals surface area contributed by atoms with Gasteiger partial charge in [-0.1, -0.05) is 13.8 Å². The highest BCUT2D eigenvalue weighted by Gasteiger charge is 2.38. The van der Waals surface area contributed by atoms with E-state index in [1.165, 1.54) is 29.2 Å². The third-order valence-corrected chi connectivity index (χ3v) is 4.32. The number of nitriles is 1. The van der Waals surface area contributed by atoms with Gasteiger partial charge in [0.2, 0.25) is 5.91 Å². The second kappa shape index (κ2) is 7.79. The second-order valence-electron chi connectivity index (χ2n) is 6.41. The first-order valence-corrected chi connectivity index (χ1v) is 8.19. The topological polar surface area (TPSA) is 111 Å². The van der Waals surface area contributed by atoms with Gasteiger partial charge in [0, 0.05) is 12.1 Å². The van der Waals surface area contributed by atoms with Crippen LogP contribution in [-0.2, 0) is 9.59 Å². The molecular weight excluding hydrogens is 322 g/mol. The number of hydrogen-bond donors (Lipinski definition) is 2. The van der Waals surface area contributed by atoms with Gasteiger partial charge < -0.3 is 15.3 Å². The van der Waals surface area contributed by atoms with Gasteiger partial charge in [-0.15, -0.1) is 0 Å². The van der Waals surface area contributed by atoms with Crippen LogP contribution in [0, 0.1) is 17.2 Å². The number of carboxylic acids is 1. The fourth-order valence-corrected chi connectivity index (χ4v) is 2.90. The Morgan fingerprint density at radius 1 is 1.28 bits per heavy atom. The molecule has 1 saturated heterocycles. The molecule has 0 bridgehead atoms. The van der Waals surface area contributed by atoms with Crippen LogP contribution < -0.4 is 5.32 Å². The predicted octanol–water partition coefficient (Wildman–Crippen LogP) is 1.39. The molecule has 0 saturated carbocycles. The number of carboxylic acid groups (broad SMARTS) is 1. The molecule has 1 aliphatic heterocycles. The summed E-state index contributed by atoms with van der Waals surface area (Å²) in [6.45, 7) is 3.98. The molecule has 0 radical (unpaired) electrons. The van der Waals surface area contributed by atoms with E-state index < -0.39 is 24.0 Å². The molecule has 0 aromatic heterocycles. The number of nitrogens with zero attached hydrogens (tertiary/aromatic N) is 2. The molecule has 1 fully saturated rings. The number of rotatable bonds is 5. The van der Waals surface area contributed by atoms with Gasteiger partial charge in [0.1, 0.15) is 12.1 Å². The smallest absolute Gasteiger partial charge is 0.326 e. The third kappa shape index (κ3) is 4.15. The maximum Gasteiger partial charge on any atom is 0.326 e. The monoisotopic (exact) mass is 343 g/mol. The first-order chi connectivity index (χ1) is 11.8. The zero-order valence-corrected chi connectivity index (χ0v) is 14.2. The Hall–Kier alpha value is -2.88. The lowest BCUT2D eigenvalue weighted by Gasteiger charge is -2.29. The molecule has 0 spiro atoms. The van der Waals surface area contributed by atoms with Crippen molar-refractivity contribution in [3.05, 3.63) is 35.4 Å². The first kappa shape index (κ1) is 18.5. The molecular formula is C18H21N3O4. The minimum Gasteiger partial charge on any atom is -0.480 e. The molecule has 132 valence electrons. The lowest BCUT2D eigenvalue weighted by atomic mass is 10.0. The molecule has 1 aromatic rings. The minimum atomic E-state index is -1.02. The summed E-state index contributed by atoms with van der Waals surface area (Å²) in [5, 5.41) is 20.8. The Balaban J connectivity index is 2.14. The van der Waals surface area contributed by atoms with Gasteiger partial charge in [-0.3, -0.25) is 9.59 Å². The average Bonchev–Trinajstić information content (AvgIpc) is 3.08. The van der Waals surface area contributed by atoms with Gasteiger partial charge in [0.15, 0.2) is 0 Å². The number of carbonyl (C=O) groups excluding carboxylic acids is 2. The normalized spacial score (nSPS) is 17.8. The maximum atomic E-state index is 12.8. The molecule has 1 aliphatic rings. The van der Waals surface area contributed by atoms with Crippen molar-refractivity contribution >= 4 is 17.8 Å². The van der Waals surface area contributed by atoms with E-state index in [0.29, 0.717) is 30.5 Å². The summed E-state index contributed by atoms with van der Waals surface area (Å²) < 4.78 is 0. The summed E-state index contributed by atoms with van der Waals surface area (Å²) in [6, 6.07) is 6.44. The number of benzene rings is 1. The van der Waals surface area contributed by atoms with Gasteiger partial charge in [-0.25, -0.2) is 4.79 Å². The van der Waals surface area contributed by atoms with Gasteiger partial charge in [-0.2, -0.15) is 5.26 Å². The van der Waals surface area contributed by atoms with Crippen molar-refractivity contribution in [1.82, 2.24) is 10.2 Å². The van der Waals surface area contributed by atoms with Crippen molar-refractivity contribution < 1.29 is 19.5 Å². The van der Waals surface area contributed by atoms with Crippen LogP contribution in [0.15, 0.2) is 24.3 Å². The van der Waals surface area contributed by atoms with Crippen LogP contribution in [0.4, 0.5) is 0 Å². The Kier molecular flexibility index (Phi) is 5.75. The fraction of sp³-hybridized carbons (Fsp3) is 0.444. The van der Waals surface area contributed by atoms with Crippen LogP contribution in [0.2, 0.25) is 0 Å². The molecule has 0 aliphatic carbocycles. The first-order valence-electron chi connectivity index (χ1n) is 8.19. The number of aliphatic carboxylic acids is 1. The molecule has 1 heterocycles. The zero-order chi connectivity index (χ0) is 18.6. The van der Waals surface area contributed by atoms with E-state index in [9.17, 15) is 19.5 Å². The fourth-order valence-electron chi connectivity index (χ4n) is 2.90. The summed E-state index contributed by atoms with van der Waals surface area (Å²) >= 11 is 0. The minimum absolute atomic E-state index is 0.190. The molecule has 2 N–H and O–H groups in total. The summed E-state index contributed by atoms with van der Waals surface area (Å²) in [4.78, 5) is 37.8. The van der Waals surface area contributed by atoms with E-state index in [2.05, 4.69) is 5.32 Å². The summed E-state index contributed by atoms with van der Waals surface area (Å²) in [5.41, 5.74) is 0.781. The number of nitrogens with one attached hydrogen (secondary N) is 1.